The van der Waals surface area contributed by atoms with Gasteiger partial charge in [-0.25, -0.2) is 4.98 Å². The highest BCUT2D eigenvalue weighted by Gasteiger charge is 2.23. The first-order valence-electron chi connectivity index (χ1n) is 6.26. The fourth-order valence-electron chi connectivity index (χ4n) is 2.26. The van der Waals surface area contributed by atoms with Gasteiger partial charge in [-0.2, -0.15) is 4.98 Å². The summed E-state index contributed by atoms with van der Waals surface area (Å²) in [7, 11) is 0. The third-order valence-corrected chi connectivity index (χ3v) is 3.32. The van der Waals surface area contributed by atoms with E-state index in [4.69, 9.17) is 5.73 Å². The predicted octanol–water partition coefficient (Wildman–Crippen LogP) is 1.34. The monoisotopic (exact) mass is 236 g/mol. The lowest BCUT2D eigenvalue weighted by molar-refractivity contribution is 0.116. The number of hydrogen-bond donors (Lipinski definition) is 3. The number of aliphatic hydroxyl groups is 1. The molecule has 0 bridgehead atoms. The Hall–Kier alpha value is -1.36. The van der Waals surface area contributed by atoms with Gasteiger partial charge in [-0.15, -0.1) is 0 Å². The fraction of sp³-hybridized carbons (Fsp3) is 0.667. The third kappa shape index (κ3) is 2.85. The number of aryl methyl sites for hydroxylation is 1. The Kier molecular flexibility index (Phi) is 3.78. The Labute approximate surface area is 101 Å². The van der Waals surface area contributed by atoms with Gasteiger partial charge in [-0.05, 0) is 19.3 Å². The van der Waals surface area contributed by atoms with E-state index in [9.17, 15) is 5.11 Å². The first kappa shape index (κ1) is 12.1. The van der Waals surface area contributed by atoms with E-state index in [1.165, 1.54) is 0 Å². The highest BCUT2D eigenvalue weighted by Crippen LogP contribution is 2.23. The summed E-state index contributed by atoms with van der Waals surface area (Å²) in [5, 5.41) is 13.2. The Morgan fingerprint density at radius 1 is 1.47 bits per heavy atom. The average molecular weight is 236 g/mol. The summed E-state index contributed by atoms with van der Waals surface area (Å²) in [6.45, 7) is 2.05. The van der Waals surface area contributed by atoms with E-state index in [-0.39, 0.29) is 18.1 Å². The number of nitrogens with one attached hydrogen (secondary N) is 1. The van der Waals surface area contributed by atoms with Gasteiger partial charge in [0.2, 0.25) is 5.95 Å². The summed E-state index contributed by atoms with van der Waals surface area (Å²) in [6.07, 6.45) is 6.41. The normalized spacial score (nSPS) is 24.6. The molecule has 0 unspecified atom stereocenters. The Morgan fingerprint density at radius 3 is 2.94 bits per heavy atom. The van der Waals surface area contributed by atoms with Gasteiger partial charge in [0.05, 0.1) is 12.1 Å². The molecule has 1 aromatic heterocycles. The van der Waals surface area contributed by atoms with Crippen molar-refractivity contribution in [1.29, 1.82) is 0 Å². The standard InChI is InChI=1S/C12H20N4O/c1-2-8-7-14-12(13)16-11(8)15-9-5-3-4-6-10(9)17/h7,9-10,17H,2-6H2,1H3,(H3,13,14,15,16)/t9-,10-/m0/s1. The molecule has 1 aliphatic rings. The second kappa shape index (κ2) is 5.31. The number of rotatable bonds is 3. The minimum absolute atomic E-state index is 0.0864. The van der Waals surface area contributed by atoms with Crippen molar-refractivity contribution in [3.05, 3.63) is 11.8 Å². The van der Waals surface area contributed by atoms with Gasteiger partial charge in [-0.3, -0.25) is 0 Å². The Bertz CT molecular complexity index is 383. The van der Waals surface area contributed by atoms with Crippen molar-refractivity contribution in [2.75, 3.05) is 11.1 Å². The molecule has 4 N–H and O–H groups in total. The summed E-state index contributed by atoms with van der Waals surface area (Å²) in [6, 6.07) is 0.0864. The summed E-state index contributed by atoms with van der Waals surface area (Å²) < 4.78 is 0. The van der Waals surface area contributed by atoms with E-state index in [2.05, 4.69) is 22.2 Å². The van der Waals surface area contributed by atoms with Crippen molar-refractivity contribution in [2.45, 2.75) is 51.2 Å². The van der Waals surface area contributed by atoms with Crippen LogP contribution in [-0.4, -0.2) is 27.2 Å². The zero-order valence-corrected chi connectivity index (χ0v) is 10.2. The first-order chi connectivity index (χ1) is 8.20. The molecule has 17 heavy (non-hydrogen) atoms. The van der Waals surface area contributed by atoms with Gasteiger partial charge in [0, 0.05) is 11.8 Å². The van der Waals surface area contributed by atoms with Gasteiger partial charge in [0.25, 0.3) is 0 Å². The molecule has 1 aliphatic carbocycles. The van der Waals surface area contributed by atoms with Gasteiger partial charge < -0.3 is 16.2 Å². The Balaban J connectivity index is 2.13. The number of hydrogen-bond acceptors (Lipinski definition) is 5. The van der Waals surface area contributed by atoms with Crippen LogP contribution < -0.4 is 11.1 Å². The van der Waals surface area contributed by atoms with Crippen molar-refractivity contribution in [3.63, 3.8) is 0 Å². The van der Waals surface area contributed by atoms with Crippen molar-refractivity contribution < 1.29 is 5.11 Å². The molecule has 0 amide bonds. The van der Waals surface area contributed by atoms with Gasteiger partial charge in [0.15, 0.2) is 0 Å². The summed E-state index contributed by atoms with van der Waals surface area (Å²) in [4.78, 5) is 8.20. The second-order valence-electron chi connectivity index (χ2n) is 4.56. The summed E-state index contributed by atoms with van der Waals surface area (Å²) >= 11 is 0. The lowest BCUT2D eigenvalue weighted by Crippen LogP contribution is -2.37. The molecule has 2 rings (SSSR count). The summed E-state index contributed by atoms with van der Waals surface area (Å²) in [5.41, 5.74) is 6.64. The molecule has 0 aromatic carbocycles. The molecule has 1 fully saturated rings. The predicted molar refractivity (Wildman–Crippen MR) is 67.7 cm³/mol. The smallest absolute Gasteiger partial charge is 0.221 e. The highest BCUT2D eigenvalue weighted by molar-refractivity contribution is 5.47. The molecular weight excluding hydrogens is 216 g/mol. The number of nitrogens with two attached hydrogens (primary N) is 1. The first-order valence-corrected chi connectivity index (χ1v) is 6.26. The minimum atomic E-state index is -0.287. The van der Waals surface area contributed by atoms with E-state index in [0.717, 1.165) is 43.5 Å². The molecule has 94 valence electrons. The topological polar surface area (TPSA) is 84.1 Å². The van der Waals surface area contributed by atoms with Crippen LogP contribution in [0.2, 0.25) is 0 Å². The van der Waals surface area contributed by atoms with Gasteiger partial charge in [-0.1, -0.05) is 19.8 Å². The number of anilines is 2. The van der Waals surface area contributed by atoms with Crippen molar-refractivity contribution in [1.82, 2.24) is 9.97 Å². The van der Waals surface area contributed by atoms with Crippen molar-refractivity contribution >= 4 is 11.8 Å². The maximum Gasteiger partial charge on any atom is 0.221 e. The maximum absolute atomic E-state index is 9.93. The molecular formula is C12H20N4O. The molecule has 2 atom stereocenters. The van der Waals surface area contributed by atoms with Crippen molar-refractivity contribution in [2.24, 2.45) is 0 Å². The van der Waals surface area contributed by atoms with Crippen LogP contribution in [0.1, 0.15) is 38.2 Å². The highest BCUT2D eigenvalue weighted by atomic mass is 16.3. The second-order valence-corrected chi connectivity index (χ2v) is 4.56. The minimum Gasteiger partial charge on any atom is -0.391 e. The molecule has 0 aliphatic heterocycles. The van der Waals surface area contributed by atoms with Crippen LogP contribution in [0, 0.1) is 0 Å². The fourth-order valence-corrected chi connectivity index (χ4v) is 2.26. The van der Waals surface area contributed by atoms with Crippen molar-refractivity contribution in [3.8, 4) is 0 Å². The molecule has 5 heteroatoms. The van der Waals surface area contributed by atoms with E-state index in [0.29, 0.717) is 0 Å². The van der Waals surface area contributed by atoms with Crippen LogP contribution in [0.15, 0.2) is 6.20 Å². The molecule has 0 saturated heterocycles. The zero-order valence-electron chi connectivity index (χ0n) is 10.2. The van der Waals surface area contributed by atoms with Gasteiger partial charge >= 0.3 is 0 Å². The van der Waals surface area contributed by atoms with Crippen LogP contribution in [0.3, 0.4) is 0 Å². The van der Waals surface area contributed by atoms with Crippen LogP contribution in [0.4, 0.5) is 11.8 Å². The van der Waals surface area contributed by atoms with Crippen LogP contribution in [0.5, 0.6) is 0 Å². The average Bonchev–Trinajstić information content (AvgIpc) is 2.32. The van der Waals surface area contributed by atoms with Crippen LogP contribution >= 0.6 is 0 Å². The molecule has 1 saturated carbocycles. The van der Waals surface area contributed by atoms with Crippen LogP contribution in [0.25, 0.3) is 0 Å². The maximum atomic E-state index is 9.93. The third-order valence-electron chi connectivity index (χ3n) is 3.32. The molecule has 0 radical (unpaired) electrons. The molecule has 1 heterocycles. The van der Waals surface area contributed by atoms with E-state index in [1.54, 1.807) is 6.20 Å². The number of aromatic nitrogens is 2. The Morgan fingerprint density at radius 2 is 2.24 bits per heavy atom. The van der Waals surface area contributed by atoms with E-state index < -0.39 is 0 Å². The quantitative estimate of drug-likeness (QED) is 0.737. The SMILES string of the molecule is CCc1cnc(N)nc1N[C@H]1CCCC[C@@H]1O. The number of nitrogens with zero attached hydrogens (tertiary/aromatic N) is 2. The zero-order chi connectivity index (χ0) is 12.3. The largest absolute Gasteiger partial charge is 0.391 e. The van der Waals surface area contributed by atoms with E-state index in [1.807, 2.05) is 0 Å². The molecule has 1 aromatic rings. The number of aliphatic hydroxyl groups excluding tert-OH is 1. The van der Waals surface area contributed by atoms with E-state index >= 15 is 0 Å². The van der Waals surface area contributed by atoms with Gasteiger partial charge in [0.1, 0.15) is 5.82 Å². The molecule has 0 spiro atoms. The van der Waals surface area contributed by atoms with Crippen LogP contribution in [-0.2, 0) is 6.42 Å². The lowest BCUT2D eigenvalue weighted by atomic mass is 9.92. The number of nitrogen functional groups attached to an aromatic ring is 1. The summed E-state index contributed by atoms with van der Waals surface area (Å²) in [5.74, 6) is 1.04. The molecule has 5 nitrogen and oxygen atoms in total. The lowest BCUT2D eigenvalue weighted by Gasteiger charge is -2.29.